The molecular formula is C6H11N3O. The van der Waals surface area contributed by atoms with E-state index in [1.807, 2.05) is 6.07 Å². The molecule has 0 fully saturated rings. The Balaban J connectivity index is 2.40. The number of aliphatic hydroxyl groups is 1. The van der Waals surface area contributed by atoms with Crippen LogP contribution in [0, 0.1) is 0 Å². The highest BCUT2D eigenvalue weighted by Gasteiger charge is 2.01. The summed E-state index contributed by atoms with van der Waals surface area (Å²) >= 11 is 0. The molecule has 0 aromatic carbocycles. The van der Waals surface area contributed by atoms with Crippen LogP contribution in [0.1, 0.15) is 5.69 Å². The summed E-state index contributed by atoms with van der Waals surface area (Å²) in [5.41, 5.74) is 6.43. The predicted molar refractivity (Wildman–Crippen MR) is 37.4 cm³/mol. The lowest BCUT2D eigenvalue weighted by molar-refractivity contribution is 0.264. The monoisotopic (exact) mass is 141 g/mol. The lowest BCUT2D eigenvalue weighted by Crippen LogP contribution is -2.26. The van der Waals surface area contributed by atoms with E-state index in [0.717, 1.165) is 5.69 Å². The number of aromatic amines is 1. The summed E-state index contributed by atoms with van der Waals surface area (Å²) in [6, 6.07) is 1.66. The summed E-state index contributed by atoms with van der Waals surface area (Å²) in [6.07, 6.45) is 2.32. The van der Waals surface area contributed by atoms with Crippen LogP contribution in [0.3, 0.4) is 0 Å². The van der Waals surface area contributed by atoms with E-state index in [2.05, 4.69) is 10.2 Å². The van der Waals surface area contributed by atoms with Gasteiger partial charge in [0.15, 0.2) is 0 Å². The van der Waals surface area contributed by atoms with Gasteiger partial charge >= 0.3 is 0 Å². The highest BCUT2D eigenvalue weighted by molar-refractivity contribution is 4.99. The van der Waals surface area contributed by atoms with Crippen LogP contribution in [-0.2, 0) is 6.42 Å². The van der Waals surface area contributed by atoms with Crippen molar-refractivity contribution in [1.82, 2.24) is 10.2 Å². The van der Waals surface area contributed by atoms with E-state index in [1.54, 1.807) is 6.20 Å². The smallest absolute Gasteiger partial charge is 0.0586 e. The van der Waals surface area contributed by atoms with E-state index >= 15 is 0 Å². The van der Waals surface area contributed by atoms with Crippen LogP contribution in [0.4, 0.5) is 0 Å². The molecule has 1 atom stereocenters. The third-order valence-electron chi connectivity index (χ3n) is 1.28. The van der Waals surface area contributed by atoms with Crippen molar-refractivity contribution in [3.05, 3.63) is 18.0 Å². The second kappa shape index (κ2) is 3.34. The Hall–Kier alpha value is -0.870. The van der Waals surface area contributed by atoms with Crippen molar-refractivity contribution in [1.29, 1.82) is 0 Å². The summed E-state index contributed by atoms with van der Waals surface area (Å²) in [7, 11) is 0. The molecule has 0 aliphatic heterocycles. The van der Waals surface area contributed by atoms with E-state index in [-0.39, 0.29) is 12.6 Å². The Kier molecular flexibility index (Phi) is 2.42. The maximum Gasteiger partial charge on any atom is 0.0586 e. The Morgan fingerprint density at radius 1 is 1.80 bits per heavy atom. The summed E-state index contributed by atoms with van der Waals surface area (Å²) in [5, 5.41) is 15.1. The normalized spacial score (nSPS) is 13.4. The van der Waals surface area contributed by atoms with Gasteiger partial charge in [0.2, 0.25) is 0 Å². The standard InChI is InChI=1S/C6H11N3O/c7-5(4-10)3-6-1-2-8-9-6/h1-2,5,10H,3-4,7H2,(H,8,9). The SMILES string of the molecule is NC(CO)Cc1ccn[nH]1. The highest BCUT2D eigenvalue weighted by atomic mass is 16.3. The van der Waals surface area contributed by atoms with Gasteiger partial charge in [-0.1, -0.05) is 0 Å². The lowest BCUT2D eigenvalue weighted by atomic mass is 10.2. The molecule has 1 heterocycles. The fourth-order valence-corrected chi connectivity index (χ4v) is 0.745. The number of H-pyrrole nitrogens is 1. The van der Waals surface area contributed by atoms with Gasteiger partial charge in [-0.3, -0.25) is 5.10 Å². The number of nitrogens with one attached hydrogen (secondary N) is 1. The summed E-state index contributed by atoms with van der Waals surface area (Å²) in [4.78, 5) is 0. The van der Waals surface area contributed by atoms with Crippen molar-refractivity contribution in [3.8, 4) is 0 Å². The second-order valence-electron chi connectivity index (χ2n) is 2.23. The molecule has 0 amide bonds. The third-order valence-corrected chi connectivity index (χ3v) is 1.28. The van der Waals surface area contributed by atoms with E-state index in [9.17, 15) is 0 Å². The maximum atomic E-state index is 8.57. The molecule has 4 N–H and O–H groups in total. The van der Waals surface area contributed by atoms with Crippen LogP contribution in [0.25, 0.3) is 0 Å². The van der Waals surface area contributed by atoms with Crippen molar-refractivity contribution in [2.75, 3.05) is 6.61 Å². The molecule has 0 spiro atoms. The number of aromatic nitrogens is 2. The van der Waals surface area contributed by atoms with Crippen molar-refractivity contribution < 1.29 is 5.11 Å². The first-order valence-electron chi connectivity index (χ1n) is 3.17. The number of aliphatic hydroxyl groups excluding tert-OH is 1. The van der Waals surface area contributed by atoms with Gasteiger partial charge < -0.3 is 10.8 Å². The number of hydrogen-bond acceptors (Lipinski definition) is 3. The zero-order valence-corrected chi connectivity index (χ0v) is 5.62. The van der Waals surface area contributed by atoms with Gasteiger partial charge in [-0.2, -0.15) is 5.10 Å². The van der Waals surface area contributed by atoms with Gasteiger partial charge in [0.05, 0.1) is 6.61 Å². The minimum atomic E-state index is -0.180. The molecule has 0 aliphatic carbocycles. The van der Waals surface area contributed by atoms with Crippen molar-refractivity contribution in [2.45, 2.75) is 12.5 Å². The van der Waals surface area contributed by atoms with Gasteiger partial charge in [0, 0.05) is 24.4 Å². The number of nitrogens with two attached hydrogens (primary N) is 1. The minimum Gasteiger partial charge on any atom is -0.395 e. The van der Waals surface area contributed by atoms with Crippen LogP contribution < -0.4 is 5.73 Å². The largest absolute Gasteiger partial charge is 0.395 e. The summed E-state index contributed by atoms with van der Waals surface area (Å²) < 4.78 is 0. The van der Waals surface area contributed by atoms with E-state index in [1.165, 1.54) is 0 Å². The average Bonchev–Trinajstić information content (AvgIpc) is 2.40. The number of rotatable bonds is 3. The topological polar surface area (TPSA) is 74.9 Å². The van der Waals surface area contributed by atoms with Gasteiger partial charge in [-0.05, 0) is 6.07 Å². The van der Waals surface area contributed by atoms with Gasteiger partial charge in [-0.15, -0.1) is 0 Å². The fraction of sp³-hybridized carbons (Fsp3) is 0.500. The van der Waals surface area contributed by atoms with E-state index < -0.39 is 0 Å². The van der Waals surface area contributed by atoms with Gasteiger partial charge in [0.1, 0.15) is 0 Å². The van der Waals surface area contributed by atoms with Crippen molar-refractivity contribution in [3.63, 3.8) is 0 Å². The van der Waals surface area contributed by atoms with Crippen LogP contribution in [-0.4, -0.2) is 28.0 Å². The maximum absolute atomic E-state index is 8.57. The Bertz CT molecular complexity index is 173. The number of nitrogens with zero attached hydrogens (tertiary/aromatic N) is 1. The molecule has 10 heavy (non-hydrogen) atoms. The van der Waals surface area contributed by atoms with Gasteiger partial charge in [-0.25, -0.2) is 0 Å². The van der Waals surface area contributed by atoms with Crippen LogP contribution in [0.2, 0.25) is 0 Å². The quantitative estimate of drug-likeness (QED) is 0.519. The Morgan fingerprint density at radius 2 is 2.60 bits per heavy atom. The fourth-order valence-electron chi connectivity index (χ4n) is 0.745. The zero-order chi connectivity index (χ0) is 7.40. The lowest BCUT2D eigenvalue weighted by Gasteiger charge is -2.03. The molecule has 1 aromatic rings. The molecule has 4 heteroatoms. The van der Waals surface area contributed by atoms with Crippen molar-refractivity contribution >= 4 is 0 Å². The molecule has 56 valence electrons. The second-order valence-corrected chi connectivity index (χ2v) is 2.23. The molecule has 1 unspecified atom stereocenters. The molecule has 4 nitrogen and oxygen atoms in total. The minimum absolute atomic E-state index is 0.0129. The predicted octanol–water partition coefficient (Wildman–Crippen LogP) is -0.728. The Morgan fingerprint density at radius 3 is 3.10 bits per heavy atom. The molecule has 1 aromatic heterocycles. The zero-order valence-electron chi connectivity index (χ0n) is 5.62. The molecule has 0 radical (unpaired) electrons. The molecule has 0 saturated carbocycles. The van der Waals surface area contributed by atoms with Gasteiger partial charge in [0.25, 0.3) is 0 Å². The summed E-state index contributed by atoms with van der Waals surface area (Å²) in [5.74, 6) is 0. The number of hydrogen-bond donors (Lipinski definition) is 3. The first-order chi connectivity index (χ1) is 4.83. The van der Waals surface area contributed by atoms with Crippen molar-refractivity contribution in [2.24, 2.45) is 5.73 Å². The van der Waals surface area contributed by atoms with Crippen LogP contribution >= 0.6 is 0 Å². The first-order valence-corrected chi connectivity index (χ1v) is 3.17. The van der Waals surface area contributed by atoms with Crippen LogP contribution in [0.15, 0.2) is 12.3 Å². The molecule has 1 rings (SSSR count). The van der Waals surface area contributed by atoms with E-state index in [4.69, 9.17) is 10.8 Å². The van der Waals surface area contributed by atoms with E-state index in [0.29, 0.717) is 6.42 Å². The molecule has 0 saturated heterocycles. The first kappa shape index (κ1) is 7.24. The summed E-state index contributed by atoms with van der Waals surface area (Å²) in [6.45, 7) is 0.0129. The average molecular weight is 141 g/mol. The molecule has 0 aliphatic rings. The third kappa shape index (κ3) is 1.82. The Labute approximate surface area is 59.1 Å². The van der Waals surface area contributed by atoms with Crippen LogP contribution in [0.5, 0.6) is 0 Å². The molecular weight excluding hydrogens is 130 g/mol. The molecule has 0 bridgehead atoms. The highest BCUT2D eigenvalue weighted by Crippen LogP contribution is 1.94.